The minimum atomic E-state index is -1.07. The Morgan fingerprint density at radius 3 is 2.48 bits per heavy atom. The molecular weight excluding hydrogens is 302 g/mol. The molecule has 2 N–H and O–H groups in total. The number of carbonyl (C=O) groups is 3. The van der Waals surface area contributed by atoms with Crippen LogP contribution in [-0.4, -0.2) is 45.7 Å². The highest BCUT2D eigenvalue weighted by Crippen LogP contribution is 2.26. The fourth-order valence-corrected chi connectivity index (χ4v) is 2.71. The molecule has 2 atom stereocenters. The minimum absolute atomic E-state index is 0.0956. The van der Waals surface area contributed by atoms with Crippen LogP contribution in [-0.2, 0) is 20.9 Å². The Morgan fingerprint density at radius 1 is 1.17 bits per heavy atom. The molecule has 1 aromatic carbocycles. The monoisotopic (exact) mass is 321 g/mol. The number of carboxylic acids is 2. The van der Waals surface area contributed by atoms with Crippen molar-refractivity contribution in [1.82, 2.24) is 4.90 Å². The van der Waals surface area contributed by atoms with Crippen molar-refractivity contribution in [3.8, 4) is 0 Å². The Hall–Kier alpha value is -2.57. The number of likely N-dealkylation sites (tertiary alicyclic amines) is 1. The van der Waals surface area contributed by atoms with Crippen LogP contribution in [0.1, 0.15) is 24.8 Å². The average Bonchev–Trinajstić information content (AvgIpc) is 2.53. The van der Waals surface area contributed by atoms with Gasteiger partial charge in [-0.1, -0.05) is 30.3 Å². The molecule has 1 fully saturated rings. The third kappa shape index (κ3) is 4.70. The Kier molecular flexibility index (Phi) is 5.56. The first-order chi connectivity index (χ1) is 11.0. The summed E-state index contributed by atoms with van der Waals surface area (Å²) in [6, 6.07) is 8.48. The zero-order valence-electron chi connectivity index (χ0n) is 12.6. The summed E-state index contributed by atoms with van der Waals surface area (Å²) in [5, 5.41) is 18.1. The molecule has 1 aliphatic rings. The van der Waals surface area contributed by atoms with Gasteiger partial charge in [0.1, 0.15) is 6.61 Å². The number of piperidine rings is 1. The van der Waals surface area contributed by atoms with Crippen LogP contribution in [0.3, 0.4) is 0 Å². The van der Waals surface area contributed by atoms with Gasteiger partial charge in [0, 0.05) is 12.6 Å². The molecule has 1 aromatic rings. The predicted octanol–water partition coefficient (Wildman–Crippen LogP) is 1.96. The molecule has 0 aliphatic carbocycles. The van der Waals surface area contributed by atoms with E-state index < -0.39 is 30.0 Å². The molecule has 0 aromatic heterocycles. The largest absolute Gasteiger partial charge is 0.481 e. The third-order valence-electron chi connectivity index (χ3n) is 3.91. The van der Waals surface area contributed by atoms with E-state index in [2.05, 4.69) is 0 Å². The topological polar surface area (TPSA) is 104 Å². The maximum atomic E-state index is 12.2. The number of amides is 1. The first-order valence-corrected chi connectivity index (χ1v) is 7.39. The molecule has 0 unspecified atom stereocenters. The van der Waals surface area contributed by atoms with E-state index >= 15 is 0 Å². The second-order valence-electron chi connectivity index (χ2n) is 5.54. The summed E-state index contributed by atoms with van der Waals surface area (Å²) in [5.41, 5.74) is 0.830. The van der Waals surface area contributed by atoms with Crippen LogP contribution in [0.5, 0.6) is 0 Å². The molecule has 2 rings (SSSR count). The number of rotatable bonds is 5. The number of carboxylic acid groups (broad SMARTS) is 2. The number of hydrogen-bond donors (Lipinski definition) is 2. The Labute approximate surface area is 133 Å². The summed E-state index contributed by atoms with van der Waals surface area (Å²) >= 11 is 0. The van der Waals surface area contributed by atoms with Gasteiger partial charge in [-0.15, -0.1) is 0 Å². The maximum absolute atomic E-state index is 12.2. The first-order valence-electron chi connectivity index (χ1n) is 7.39. The average molecular weight is 321 g/mol. The molecule has 0 radical (unpaired) electrons. The van der Waals surface area contributed by atoms with Crippen molar-refractivity contribution in [3.63, 3.8) is 0 Å². The lowest BCUT2D eigenvalue weighted by Crippen LogP contribution is -2.48. The molecule has 1 aliphatic heterocycles. The highest BCUT2D eigenvalue weighted by molar-refractivity contribution is 5.74. The van der Waals surface area contributed by atoms with E-state index in [4.69, 9.17) is 14.9 Å². The number of carbonyl (C=O) groups excluding carboxylic acids is 1. The quantitative estimate of drug-likeness (QED) is 0.859. The van der Waals surface area contributed by atoms with Gasteiger partial charge in [0.15, 0.2) is 0 Å². The van der Waals surface area contributed by atoms with E-state index in [0.717, 1.165) is 5.56 Å². The first kappa shape index (κ1) is 16.8. The summed E-state index contributed by atoms with van der Waals surface area (Å²) in [5.74, 6) is -2.66. The molecule has 23 heavy (non-hydrogen) atoms. The summed E-state index contributed by atoms with van der Waals surface area (Å²) in [6.45, 7) is 0.279. The Balaban J connectivity index is 1.98. The molecule has 0 spiro atoms. The van der Waals surface area contributed by atoms with Gasteiger partial charge in [-0.25, -0.2) is 4.79 Å². The van der Waals surface area contributed by atoms with Crippen molar-refractivity contribution in [2.24, 2.45) is 5.92 Å². The van der Waals surface area contributed by atoms with Gasteiger partial charge in [-0.2, -0.15) is 0 Å². The van der Waals surface area contributed by atoms with E-state index in [-0.39, 0.29) is 26.0 Å². The smallest absolute Gasteiger partial charge is 0.410 e. The molecule has 1 heterocycles. The van der Waals surface area contributed by atoms with E-state index in [1.165, 1.54) is 4.90 Å². The number of benzene rings is 1. The van der Waals surface area contributed by atoms with Crippen molar-refractivity contribution in [3.05, 3.63) is 35.9 Å². The number of aliphatic carboxylic acids is 2. The van der Waals surface area contributed by atoms with Gasteiger partial charge in [0.25, 0.3) is 0 Å². The van der Waals surface area contributed by atoms with Gasteiger partial charge in [-0.05, 0) is 18.4 Å². The maximum Gasteiger partial charge on any atom is 0.410 e. The number of nitrogens with zero attached hydrogens (tertiary/aromatic N) is 1. The summed E-state index contributed by atoms with van der Waals surface area (Å²) in [7, 11) is 0. The lowest BCUT2D eigenvalue weighted by atomic mass is 9.89. The standard InChI is InChI=1S/C16H19NO6/c18-14(19)9-13-8-12(15(20)21)6-7-17(13)16(22)23-10-11-4-2-1-3-5-11/h1-5,12-13H,6-10H2,(H,18,19)(H,20,21)/t12-,13+/m0/s1. The van der Waals surface area contributed by atoms with Crippen LogP contribution in [0.2, 0.25) is 0 Å². The van der Waals surface area contributed by atoms with E-state index in [1.807, 2.05) is 30.3 Å². The van der Waals surface area contributed by atoms with Gasteiger partial charge < -0.3 is 19.8 Å². The molecule has 1 amide bonds. The van der Waals surface area contributed by atoms with Crippen molar-refractivity contribution < 1.29 is 29.3 Å². The second-order valence-corrected chi connectivity index (χ2v) is 5.54. The third-order valence-corrected chi connectivity index (χ3v) is 3.91. The molecule has 0 saturated carbocycles. The highest BCUT2D eigenvalue weighted by atomic mass is 16.6. The van der Waals surface area contributed by atoms with Crippen LogP contribution >= 0.6 is 0 Å². The second kappa shape index (κ2) is 7.62. The fourth-order valence-electron chi connectivity index (χ4n) is 2.71. The van der Waals surface area contributed by atoms with Gasteiger partial charge >= 0.3 is 18.0 Å². The minimum Gasteiger partial charge on any atom is -0.481 e. The van der Waals surface area contributed by atoms with Gasteiger partial charge in [0.05, 0.1) is 12.3 Å². The van der Waals surface area contributed by atoms with E-state index in [1.54, 1.807) is 0 Å². The predicted molar refractivity (Wildman–Crippen MR) is 79.7 cm³/mol. The van der Waals surface area contributed by atoms with Crippen molar-refractivity contribution in [2.75, 3.05) is 6.54 Å². The number of hydrogen-bond acceptors (Lipinski definition) is 4. The molecular formula is C16H19NO6. The van der Waals surface area contributed by atoms with Crippen LogP contribution in [0.15, 0.2) is 30.3 Å². The summed E-state index contributed by atoms with van der Waals surface area (Å²) in [6.07, 6.45) is -0.470. The summed E-state index contributed by atoms with van der Waals surface area (Å²) < 4.78 is 5.22. The van der Waals surface area contributed by atoms with Crippen molar-refractivity contribution >= 4 is 18.0 Å². The van der Waals surface area contributed by atoms with E-state index in [9.17, 15) is 14.4 Å². The van der Waals surface area contributed by atoms with Crippen LogP contribution in [0.25, 0.3) is 0 Å². The Bertz CT molecular complexity index is 573. The molecule has 124 valence electrons. The molecule has 7 nitrogen and oxygen atoms in total. The molecule has 1 saturated heterocycles. The van der Waals surface area contributed by atoms with Crippen LogP contribution in [0, 0.1) is 5.92 Å². The van der Waals surface area contributed by atoms with Crippen LogP contribution in [0.4, 0.5) is 4.79 Å². The zero-order valence-corrected chi connectivity index (χ0v) is 12.6. The molecule has 0 bridgehead atoms. The lowest BCUT2D eigenvalue weighted by Gasteiger charge is -2.36. The van der Waals surface area contributed by atoms with Crippen LogP contribution < -0.4 is 0 Å². The highest BCUT2D eigenvalue weighted by Gasteiger charge is 2.36. The molecule has 7 heteroatoms. The zero-order chi connectivity index (χ0) is 16.8. The normalized spacial score (nSPS) is 20.8. The number of ether oxygens (including phenoxy) is 1. The Morgan fingerprint density at radius 2 is 1.87 bits per heavy atom. The SMILES string of the molecule is O=C(O)C[C@H]1C[C@@H](C(=O)O)CCN1C(=O)OCc1ccccc1. The fraction of sp³-hybridized carbons (Fsp3) is 0.438. The van der Waals surface area contributed by atoms with Crippen molar-refractivity contribution in [1.29, 1.82) is 0 Å². The van der Waals surface area contributed by atoms with E-state index in [0.29, 0.717) is 6.42 Å². The lowest BCUT2D eigenvalue weighted by molar-refractivity contribution is -0.146. The van der Waals surface area contributed by atoms with Gasteiger partial charge in [0.2, 0.25) is 0 Å². The summed E-state index contributed by atoms with van der Waals surface area (Å²) in [4.78, 5) is 35.6. The van der Waals surface area contributed by atoms with Gasteiger partial charge in [-0.3, -0.25) is 9.59 Å². The van der Waals surface area contributed by atoms with Crippen molar-refractivity contribution in [2.45, 2.75) is 31.9 Å².